The van der Waals surface area contributed by atoms with Gasteiger partial charge in [0.15, 0.2) is 0 Å². The molecule has 12 rings (SSSR count). The Bertz CT molecular complexity index is 4960. The largest absolute Gasteiger partial charge is 0.456 e. The molecule has 9 aromatic carbocycles. The average Bonchev–Trinajstić information content (AvgIpc) is 2.61. The monoisotopic (exact) mass is 751 g/mol. The second-order valence-corrected chi connectivity index (χ2v) is 13.0. The number of rotatable bonds is 5. The first-order valence-corrected chi connectivity index (χ1v) is 17.5. The van der Waals surface area contributed by atoms with Gasteiger partial charge in [0, 0.05) is 44.0 Å². The average molecular weight is 752 g/mol. The summed E-state index contributed by atoms with van der Waals surface area (Å²) in [5.74, 6) is 0. The second kappa shape index (κ2) is 12.5. The van der Waals surface area contributed by atoms with Crippen LogP contribution in [0.15, 0.2) is 210 Å². The fourth-order valence-corrected chi connectivity index (χ4v) is 7.36. The van der Waals surface area contributed by atoms with Crippen LogP contribution in [0.25, 0.3) is 110 Å². The Balaban J connectivity index is 1.26. The van der Waals surface area contributed by atoms with E-state index in [0.29, 0.717) is 5.56 Å². The highest BCUT2D eigenvalue weighted by molar-refractivity contribution is 6.15. The van der Waals surface area contributed by atoms with Crippen LogP contribution in [0.4, 0.5) is 0 Å². The van der Waals surface area contributed by atoms with Crippen molar-refractivity contribution < 1.29 is 38.7 Å². The third-order valence-corrected chi connectivity index (χ3v) is 9.81. The van der Waals surface area contributed by atoms with E-state index in [1.807, 2.05) is 30.3 Å². The molecule has 0 saturated carbocycles. The van der Waals surface area contributed by atoms with Gasteiger partial charge in [-0.2, -0.15) is 0 Å². The van der Waals surface area contributed by atoms with Crippen LogP contribution in [-0.2, 0) is 0 Å². The van der Waals surface area contributed by atoms with Crippen LogP contribution in [-0.4, -0.2) is 9.13 Å². The molecule has 3 aromatic heterocycles. The lowest BCUT2D eigenvalue weighted by Crippen LogP contribution is -1.95. The molecule has 0 radical (unpaired) electrons. The summed E-state index contributed by atoms with van der Waals surface area (Å²) in [5, 5.41) is -2.68. The number of benzene rings is 9. The second-order valence-electron chi connectivity index (χ2n) is 13.0. The van der Waals surface area contributed by atoms with Crippen LogP contribution in [0, 0.1) is 0 Å². The van der Waals surface area contributed by atoms with Crippen LogP contribution >= 0.6 is 0 Å². The third kappa shape index (κ3) is 4.92. The van der Waals surface area contributed by atoms with Crippen molar-refractivity contribution in [3.05, 3.63) is 206 Å². The van der Waals surface area contributed by atoms with E-state index in [9.17, 15) is 16.4 Å². The van der Waals surface area contributed by atoms with E-state index in [1.165, 1.54) is 4.57 Å². The van der Waals surface area contributed by atoms with E-state index in [-0.39, 0.29) is 27.5 Å². The lowest BCUT2D eigenvalue weighted by atomic mass is 9.98. The number of aromatic nitrogens is 2. The maximum atomic E-state index is 10.1. The first-order chi connectivity index (χ1) is 38.7. The van der Waals surface area contributed by atoms with Crippen molar-refractivity contribution in [2.75, 3.05) is 0 Å². The lowest BCUT2D eigenvalue weighted by molar-refractivity contribution is 0.668. The molecule has 57 heavy (non-hydrogen) atoms. The van der Waals surface area contributed by atoms with Gasteiger partial charge in [0.05, 0.1) is 62.0 Å². The van der Waals surface area contributed by atoms with E-state index in [4.69, 9.17) is 22.2 Å². The normalized spacial score (nSPS) is 18.0. The molecular formula is C54H34N2O. The number of para-hydroxylation sites is 3. The van der Waals surface area contributed by atoms with Gasteiger partial charge in [0.2, 0.25) is 0 Å². The number of nitrogens with zero attached hydrogens (tertiary/aromatic N) is 2. The van der Waals surface area contributed by atoms with E-state index in [2.05, 4.69) is 0 Å². The van der Waals surface area contributed by atoms with Gasteiger partial charge in [0.25, 0.3) is 0 Å². The molecule has 0 aliphatic rings. The molecule has 266 valence electrons. The van der Waals surface area contributed by atoms with E-state index < -0.39 is 223 Å². The minimum atomic E-state index is -0.976. The Hall–Kier alpha value is -7.62. The lowest BCUT2D eigenvalue weighted by Gasteiger charge is -2.12. The van der Waals surface area contributed by atoms with Crippen LogP contribution in [0.5, 0.6) is 0 Å². The summed E-state index contributed by atoms with van der Waals surface area (Å²) in [5.41, 5.74) is -4.85. The molecule has 0 amide bonds. The Morgan fingerprint density at radius 2 is 0.947 bits per heavy atom. The highest BCUT2D eigenvalue weighted by Crippen LogP contribution is 2.42. The SMILES string of the molecule is [2H]c1c([2H])c([2H])c(-c2c([2H])c(-n3c4c([2H])c([2H])c([2H])c([2H])c4c4c([2H])c(-c5c([2H])c([2H])c6c(c5[2H])c5c([2H])c([2H])c([2H])c([2H])c5n6-c5cccc(-c6ccccc6)c5)c([2H])c([2H])c43)c([2H])c3oc4c([2H])c([2H])c([2H])c([2H])c4c23)c([2H])c1[2H]. The molecule has 0 aliphatic heterocycles. The summed E-state index contributed by atoms with van der Waals surface area (Å²) in [6.07, 6.45) is 0. The minimum Gasteiger partial charge on any atom is -0.456 e. The van der Waals surface area contributed by atoms with Crippen LogP contribution in [0.3, 0.4) is 0 Å². The topological polar surface area (TPSA) is 23.0 Å². The third-order valence-electron chi connectivity index (χ3n) is 9.81. The fourth-order valence-electron chi connectivity index (χ4n) is 7.36. The maximum absolute atomic E-state index is 10.1. The molecule has 0 unspecified atom stereocenters. The molecule has 0 bridgehead atoms. The van der Waals surface area contributed by atoms with Crippen molar-refractivity contribution in [2.45, 2.75) is 0 Å². The summed E-state index contributed by atoms with van der Waals surface area (Å²) in [6, 6.07) is -4.80. The molecule has 3 nitrogen and oxygen atoms in total. The van der Waals surface area contributed by atoms with Crippen molar-refractivity contribution in [3.8, 4) is 44.8 Å². The van der Waals surface area contributed by atoms with Gasteiger partial charge in [-0.25, -0.2) is 0 Å². The maximum Gasteiger partial charge on any atom is 0.138 e. The van der Waals surface area contributed by atoms with E-state index >= 15 is 0 Å². The zero-order valence-electron chi connectivity index (χ0n) is 54.0. The number of hydrogen-bond acceptors (Lipinski definition) is 1. The number of hydrogen-bond donors (Lipinski definition) is 0. The van der Waals surface area contributed by atoms with Crippen molar-refractivity contribution in [1.29, 1.82) is 0 Å². The number of furan rings is 1. The first kappa shape index (κ1) is 15.9. The van der Waals surface area contributed by atoms with Gasteiger partial charge in [0.1, 0.15) is 11.2 Å². The van der Waals surface area contributed by atoms with Crippen molar-refractivity contribution >= 4 is 65.6 Å². The highest BCUT2D eigenvalue weighted by Gasteiger charge is 2.20. The summed E-state index contributed by atoms with van der Waals surface area (Å²) >= 11 is 0. The molecule has 0 atom stereocenters. The predicted octanol–water partition coefficient (Wildman–Crippen LogP) is 14.8. The fraction of sp³-hybridized carbons (Fsp3) is 0. The molecule has 12 aromatic rings. The summed E-state index contributed by atoms with van der Waals surface area (Å²) < 4.78 is 238. The van der Waals surface area contributed by atoms with Gasteiger partial charge >= 0.3 is 0 Å². The Morgan fingerprint density at radius 3 is 1.65 bits per heavy atom. The van der Waals surface area contributed by atoms with Crippen molar-refractivity contribution in [1.82, 2.24) is 9.13 Å². The van der Waals surface area contributed by atoms with E-state index in [1.54, 1.807) is 24.3 Å². The van der Waals surface area contributed by atoms with Gasteiger partial charge in [-0.1, -0.05) is 139 Å². The molecular weight excluding hydrogens is 693 g/mol. The predicted molar refractivity (Wildman–Crippen MR) is 239 cm³/mol. The van der Waals surface area contributed by atoms with E-state index in [0.717, 1.165) is 10.1 Å². The van der Waals surface area contributed by atoms with Gasteiger partial charge in [-0.15, -0.1) is 0 Å². The van der Waals surface area contributed by atoms with Crippen molar-refractivity contribution in [3.63, 3.8) is 0 Å². The minimum absolute atomic E-state index is 0.183. The van der Waals surface area contributed by atoms with Gasteiger partial charge in [-0.3, -0.25) is 0 Å². The molecule has 0 fully saturated rings. The highest BCUT2D eigenvalue weighted by atomic mass is 16.3. The zero-order chi connectivity index (χ0) is 59.2. The number of fused-ring (bicyclic) bond motifs is 9. The zero-order valence-corrected chi connectivity index (χ0v) is 29.0. The Labute approximate surface area is 364 Å². The summed E-state index contributed by atoms with van der Waals surface area (Å²) in [7, 11) is 0. The molecule has 0 saturated heterocycles. The first-order valence-electron chi connectivity index (χ1n) is 30.0. The molecule has 0 spiro atoms. The van der Waals surface area contributed by atoms with Gasteiger partial charge < -0.3 is 13.6 Å². The molecule has 0 N–H and O–H groups in total. The van der Waals surface area contributed by atoms with Crippen LogP contribution < -0.4 is 0 Å². The quantitative estimate of drug-likeness (QED) is 0.172. The summed E-state index contributed by atoms with van der Waals surface area (Å²) in [6.45, 7) is 0. The summed E-state index contributed by atoms with van der Waals surface area (Å²) in [4.78, 5) is 0. The van der Waals surface area contributed by atoms with Crippen LogP contribution in [0.2, 0.25) is 0 Å². The Morgan fingerprint density at radius 1 is 0.368 bits per heavy atom. The van der Waals surface area contributed by atoms with Crippen molar-refractivity contribution in [2.24, 2.45) is 0 Å². The van der Waals surface area contributed by atoms with Gasteiger partial charge in [-0.05, 0) is 93.9 Å². The van der Waals surface area contributed by atoms with Crippen LogP contribution in [0.1, 0.15) is 34.3 Å². The molecule has 3 heterocycles. The standard InChI is InChI=1S/C54H34N2O/c1-3-14-35(15-4-1)37-18-13-19-40(30-37)55-48-23-10-7-20-42(48)46-31-38(26-28-50(46)55)39-27-29-51-47(32-39)43-21-8-11-24-49(43)56(51)41-33-45(36-16-5-2-6-17-36)54-44-22-9-12-25-52(44)57-53(54)34-41/h1-34H/i2D,5D,6D,7D,8D,9D,10D,11D,12D,16D,17D,20D,21D,22D,23D,24D,25D,26D,27D,28D,29D,31D,32D,33D,34D. The molecule has 0 aliphatic carbocycles. The molecule has 3 heteroatoms. The smallest absolute Gasteiger partial charge is 0.138 e. The Kier molecular flexibility index (Phi) is 3.46.